The first kappa shape index (κ1) is 14.7. The highest BCUT2D eigenvalue weighted by Gasteiger charge is 2.23. The highest BCUT2D eigenvalue weighted by atomic mass is 16.5. The summed E-state index contributed by atoms with van der Waals surface area (Å²) in [5.74, 6) is -0.489. The van der Waals surface area contributed by atoms with Crippen molar-refractivity contribution in [2.45, 2.75) is 31.9 Å². The molecule has 0 N–H and O–H groups in total. The van der Waals surface area contributed by atoms with Crippen LogP contribution in [0.5, 0.6) is 0 Å². The van der Waals surface area contributed by atoms with Gasteiger partial charge in [0.25, 0.3) is 0 Å². The third kappa shape index (κ3) is 4.44. The maximum Gasteiger partial charge on any atom is 0.338 e. The fourth-order valence-electron chi connectivity index (χ4n) is 1.65. The first-order valence-corrected chi connectivity index (χ1v) is 5.96. The van der Waals surface area contributed by atoms with Crippen LogP contribution < -0.4 is 0 Å². The Labute approximate surface area is 111 Å². The summed E-state index contributed by atoms with van der Waals surface area (Å²) in [6.07, 6.45) is 0.549. The maximum absolute atomic E-state index is 11.9. The summed E-state index contributed by atoms with van der Waals surface area (Å²) >= 11 is 0. The molecule has 2 atom stereocenters. The van der Waals surface area contributed by atoms with Gasteiger partial charge >= 0.3 is 5.97 Å². The van der Waals surface area contributed by atoms with Crippen molar-refractivity contribution in [3.8, 4) is 0 Å². The van der Waals surface area contributed by atoms with Crippen LogP contribution in [-0.4, -0.2) is 24.4 Å². The average molecular weight is 261 g/mol. The molecular formula is C13H15N3O3. The second kappa shape index (κ2) is 7.89. The Balaban J connectivity index is 2.77. The molecule has 19 heavy (non-hydrogen) atoms. The van der Waals surface area contributed by atoms with Crippen molar-refractivity contribution in [1.82, 2.24) is 0 Å². The van der Waals surface area contributed by atoms with Crippen LogP contribution in [0.1, 0.15) is 30.1 Å². The molecule has 0 aliphatic heterocycles. The Morgan fingerprint density at radius 1 is 1.47 bits per heavy atom. The Hall–Kier alpha value is -2.33. The summed E-state index contributed by atoms with van der Waals surface area (Å²) in [5, 5.41) is 3.50. The predicted octanol–water partition coefficient (Wildman–Crippen LogP) is 2.89. The van der Waals surface area contributed by atoms with Crippen LogP contribution in [-0.2, 0) is 9.53 Å². The van der Waals surface area contributed by atoms with Gasteiger partial charge in [-0.25, -0.2) is 4.79 Å². The normalized spacial score (nSPS) is 12.9. The number of benzene rings is 1. The highest BCUT2D eigenvalue weighted by Crippen LogP contribution is 2.14. The monoisotopic (exact) mass is 261 g/mol. The number of carbonyl (C=O) groups is 2. The van der Waals surface area contributed by atoms with Gasteiger partial charge in [0.15, 0.2) is 0 Å². The minimum atomic E-state index is -0.667. The Morgan fingerprint density at radius 3 is 2.68 bits per heavy atom. The molecular weight excluding hydrogens is 246 g/mol. The molecule has 0 bridgehead atoms. The molecule has 1 rings (SSSR count). The number of esters is 1. The molecule has 0 aliphatic carbocycles. The van der Waals surface area contributed by atoms with E-state index in [1.807, 2.05) is 0 Å². The zero-order valence-corrected chi connectivity index (χ0v) is 10.6. The van der Waals surface area contributed by atoms with E-state index in [0.29, 0.717) is 18.3 Å². The SMILES string of the molecule is CCC(OC(=O)c1ccccc1)C(CC=O)N=[N+]=[N-]. The lowest BCUT2D eigenvalue weighted by Crippen LogP contribution is -2.29. The molecule has 0 saturated carbocycles. The van der Waals surface area contributed by atoms with Gasteiger partial charge in [-0.1, -0.05) is 30.2 Å². The van der Waals surface area contributed by atoms with E-state index < -0.39 is 18.1 Å². The molecule has 0 heterocycles. The van der Waals surface area contributed by atoms with Crippen LogP contribution in [0.15, 0.2) is 35.4 Å². The number of aldehydes is 1. The van der Waals surface area contributed by atoms with E-state index in [1.54, 1.807) is 37.3 Å². The highest BCUT2D eigenvalue weighted by molar-refractivity contribution is 5.89. The summed E-state index contributed by atoms with van der Waals surface area (Å²) in [7, 11) is 0. The number of nitrogens with zero attached hydrogens (tertiary/aromatic N) is 3. The summed E-state index contributed by atoms with van der Waals surface area (Å²) < 4.78 is 5.29. The molecule has 2 unspecified atom stereocenters. The lowest BCUT2D eigenvalue weighted by molar-refractivity contribution is -0.108. The number of azide groups is 1. The van der Waals surface area contributed by atoms with E-state index in [1.165, 1.54) is 0 Å². The van der Waals surface area contributed by atoms with Crippen LogP contribution in [0, 0.1) is 0 Å². The molecule has 1 aromatic rings. The van der Waals surface area contributed by atoms with Gasteiger partial charge in [0.2, 0.25) is 0 Å². The average Bonchev–Trinajstić information content (AvgIpc) is 2.45. The van der Waals surface area contributed by atoms with E-state index in [9.17, 15) is 9.59 Å². The van der Waals surface area contributed by atoms with E-state index >= 15 is 0 Å². The van der Waals surface area contributed by atoms with Crippen LogP contribution in [0.3, 0.4) is 0 Å². The van der Waals surface area contributed by atoms with Gasteiger partial charge < -0.3 is 9.53 Å². The van der Waals surface area contributed by atoms with Crippen molar-refractivity contribution in [3.63, 3.8) is 0 Å². The van der Waals surface area contributed by atoms with Crippen molar-refractivity contribution < 1.29 is 14.3 Å². The first-order chi connectivity index (χ1) is 9.22. The molecule has 0 aromatic heterocycles. The number of hydrogen-bond acceptors (Lipinski definition) is 4. The number of rotatable bonds is 7. The molecule has 0 spiro atoms. The fourth-order valence-corrected chi connectivity index (χ4v) is 1.65. The Morgan fingerprint density at radius 2 is 2.16 bits per heavy atom. The van der Waals surface area contributed by atoms with Gasteiger partial charge in [-0.05, 0) is 24.1 Å². The second-order valence-electron chi connectivity index (χ2n) is 3.89. The molecule has 100 valence electrons. The fraction of sp³-hybridized carbons (Fsp3) is 0.385. The predicted molar refractivity (Wildman–Crippen MR) is 69.6 cm³/mol. The molecule has 1 aromatic carbocycles. The first-order valence-electron chi connectivity index (χ1n) is 5.96. The molecule has 0 aliphatic rings. The number of carbonyl (C=O) groups excluding carboxylic acids is 2. The Bertz CT molecular complexity index is 469. The van der Waals surface area contributed by atoms with Crippen LogP contribution in [0.4, 0.5) is 0 Å². The van der Waals surface area contributed by atoms with E-state index in [4.69, 9.17) is 10.3 Å². The largest absolute Gasteiger partial charge is 0.458 e. The smallest absolute Gasteiger partial charge is 0.338 e. The number of hydrogen-bond donors (Lipinski definition) is 0. The standard InChI is InChI=1S/C13H15N3O3/c1-2-12(11(8-9-17)15-16-14)19-13(18)10-6-4-3-5-7-10/h3-7,9,11-12H,2,8H2,1H3. The minimum absolute atomic E-state index is 0.0324. The zero-order chi connectivity index (χ0) is 14.1. The summed E-state index contributed by atoms with van der Waals surface area (Å²) in [6.45, 7) is 1.80. The van der Waals surface area contributed by atoms with Crippen LogP contribution >= 0.6 is 0 Å². The van der Waals surface area contributed by atoms with Crippen molar-refractivity contribution in [1.29, 1.82) is 0 Å². The van der Waals surface area contributed by atoms with Crippen LogP contribution in [0.25, 0.3) is 10.4 Å². The summed E-state index contributed by atoms with van der Waals surface area (Å²) in [4.78, 5) is 25.1. The quantitative estimate of drug-likeness (QED) is 0.248. The summed E-state index contributed by atoms with van der Waals surface area (Å²) in [6, 6.07) is 7.86. The minimum Gasteiger partial charge on any atom is -0.458 e. The van der Waals surface area contributed by atoms with Gasteiger partial charge in [0.1, 0.15) is 12.4 Å². The van der Waals surface area contributed by atoms with Gasteiger partial charge in [-0.3, -0.25) is 0 Å². The van der Waals surface area contributed by atoms with Crippen LogP contribution in [0.2, 0.25) is 0 Å². The topological polar surface area (TPSA) is 92.1 Å². The van der Waals surface area contributed by atoms with E-state index in [-0.39, 0.29) is 6.42 Å². The molecule has 6 heteroatoms. The molecule has 0 radical (unpaired) electrons. The van der Waals surface area contributed by atoms with Crippen molar-refractivity contribution in [3.05, 3.63) is 46.3 Å². The zero-order valence-electron chi connectivity index (χ0n) is 10.6. The molecule has 0 amide bonds. The van der Waals surface area contributed by atoms with Gasteiger partial charge in [-0.15, -0.1) is 0 Å². The number of ether oxygens (including phenoxy) is 1. The van der Waals surface area contributed by atoms with E-state index in [0.717, 1.165) is 0 Å². The second-order valence-corrected chi connectivity index (χ2v) is 3.89. The third-order valence-electron chi connectivity index (χ3n) is 2.64. The molecule has 0 saturated heterocycles. The van der Waals surface area contributed by atoms with Crippen molar-refractivity contribution in [2.75, 3.05) is 0 Å². The van der Waals surface area contributed by atoms with Gasteiger partial charge in [-0.2, -0.15) is 0 Å². The summed E-state index contributed by atoms with van der Waals surface area (Å²) in [5.41, 5.74) is 8.88. The van der Waals surface area contributed by atoms with Gasteiger partial charge in [0, 0.05) is 11.3 Å². The lowest BCUT2D eigenvalue weighted by Gasteiger charge is -2.20. The third-order valence-corrected chi connectivity index (χ3v) is 2.64. The lowest BCUT2D eigenvalue weighted by atomic mass is 10.1. The van der Waals surface area contributed by atoms with E-state index in [2.05, 4.69) is 10.0 Å². The molecule has 6 nitrogen and oxygen atoms in total. The maximum atomic E-state index is 11.9. The Kier molecular flexibility index (Phi) is 6.12. The van der Waals surface area contributed by atoms with Crippen molar-refractivity contribution >= 4 is 12.3 Å². The van der Waals surface area contributed by atoms with Crippen molar-refractivity contribution in [2.24, 2.45) is 5.11 Å². The molecule has 0 fully saturated rings. The van der Waals surface area contributed by atoms with Gasteiger partial charge in [0.05, 0.1) is 11.6 Å².